The molecule has 6 heteroatoms. The monoisotopic (exact) mass is 252 g/mol. The molecule has 0 saturated carbocycles. The first-order valence-electron chi connectivity index (χ1n) is 6.24. The number of rotatable bonds is 5. The molecule has 0 spiro atoms. The summed E-state index contributed by atoms with van der Waals surface area (Å²) in [5.74, 6) is 1.60. The second-order valence-electron chi connectivity index (χ2n) is 4.53. The number of hydrogen-bond donors (Lipinski definition) is 3. The Morgan fingerprint density at radius 1 is 1.44 bits per heavy atom. The first-order chi connectivity index (χ1) is 8.68. The molecule has 1 aliphatic rings. The Bertz CT molecular complexity index is 405. The molecule has 100 valence electrons. The van der Waals surface area contributed by atoms with Crippen LogP contribution in [0.1, 0.15) is 18.9 Å². The van der Waals surface area contributed by atoms with Crippen molar-refractivity contribution < 1.29 is 9.84 Å². The number of nitrogens with zero attached hydrogens (tertiary/aromatic N) is 2. The van der Waals surface area contributed by atoms with E-state index < -0.39 is 5.60 Å². The topological polar surface area (TPSA) is 79.3 Å². The zero-order valence-corrected chi connectivity index (χ0v) is 10.9. The third-order valence-electron chi connectivity index (χ3n) is 3.20. The summed E-state index contributed by atoms with van der Waals surface area (Å²) in [5.41, 5.74) is 0.248. The van der Waals surface area contributed by atoms with Gasteiger partial charge in [-0.3, -0.25) is 0 Å². The van der Waals surface area contributed by atoms with Crippen LogP contribution in [-0.2, 0) is 11.2 Å². The minimum Gasteiger partial charge on any atom is -0.386 e. The summed E-state index contributed by atoms with van der Waals surface area (Å²) in [6, 6.07) is 0. The molecule has 0 amide bonds. The predicted molar refractivity (Wildman–Crippen MR) is 69.8 cm³/mol. The number of aliphatic hydroxyl groups is 1. The predicted octanol–water partition coefficient (Wildman–Crippen LogP) is 0.644. The Labute approximate surface area is 107 Å². The molecule has 1 aliphatic heterocycles. The highest BCUT2D eigenvalue weighted by Gasteiger charge is 2.32. The van der Waals surface area contributed by atoms with Crippen molar-refractivity contribution in [2.45, 2.75) is 25.4 Å². The Morgan fingerprint density at radius 3 is 2.83 bits per heavy atom. The van der Waals surface area contributed by atoms with Crippen LogP contribution in [0.2, 0.25) is 0 Å². The molecule has 0 radical (unpaired) electrons. The molecule has 1 aromatic rings. The lowest BCUT2D eigenvalue weighted by atomic mass is 10.0. The van der Waals surface area contributed by atoms with Gasteiger partial charge in [-0.1, -0.05) is 6.92 Å². The van der Waals surface area contributed by atoms with Crippen molar-refractivity contribution in [1.82, 2.24) is 9.97 Å². The van der Waals surface area contributed by atoms with Crippen LogP contribution < -0.4 is 10.6 Å². The quantitative estimate of drug-likeness (QED) is 0.714. The van der Waals surface area contributed by atoms with E-state index >= 15 is 0 Å². The molecular weight excluding hydrogens is 232 g/mol. The zero-order chi connectivity index (χ0) is 13.0. The lowest BCUT2D eigenvalue weighted by molar-refractivity contribution is 0.0381. The van der Waals surface area contributed by atoms with Gasteiger partial charge in [0.05, 0.1) is 6.61 Å². The normalized spacial score (nSPS) is 23.1. The molecule has 1 fully saturated rings. The average molecular weight is 252 g/mol. The number of ether oxygens (including phenoxy) is 1. The van der Waals surface area contributed by atoms with Gasteiger partial charge in [-0.25, -0.2) is 9.97 Å². The molecule has 18 heavy (non-hydrogen) atoms. The van der Waals surface area contributed by atoms with Crippen LogP contribution in [0, 0.1) is 0 Å². The van der Waals surface area contributed by atoms with E-state index in [1.807, 2.05) is 7.05 Å². The standard InChI is InChI=1S/C12H20N4O2/c1-3-9-10(13-2)15-8-16-11(9)14-6-12(17)4-5-18-7-12/h8,17H,3-7H2,1-2H3,(H2,13,14,15,16). The van der Waals surface area contributed by atoms with Crippen LogP contribution in [0.5, 0.6) is 0 Å². The highest BCUT2D eigenvalue weighted by atomic mass is 16.5. The maximum atomic E-state index is 10.2. The third-order valence-corrected chi connectivity index (χ3v) is 3.20. The van der Waals surface area contributed by atoms with Gasteiger partial charge in [0.25, 0.3) is 0 Å². The first kappa shape index (κ1) is 13.0. The summed E-state index contributed by atoms with van der Waals surface area (Å²) < 4.78 is 5.21. The van der Waals surface area contributed by atoms with Crippen molar-refractivity contribution in [3.8, 4) is 0 Å². The minimum absolute atomic E-state index is 0.380. The maximum absolute atomic E-state index is 10.2. The van der Waals surface area contributed by atoms with Crippen LogP contribution in [-0.4, -0.2) is 47.5 Å². The molecule has 6 nitrogen and oxygen atoms in total. The van der Waals surface area contributed by atoms with E-state index in [1.165, 1.54) is 6.33 Å². The van der Waals surface area contributed by atoms with Gasteiger partial charge in [0, 0.05) is 32.2 Å². The second kappa shape index (κ2) is 5.49. The minimum atomic E-state index is -0.782. The van der Waals surface area contributed by atoms with Crippen molar-refractivity contribution in [3.63, 3.8) is 0 Å². The molecule has 1 saturated heterocycles. The molecule has 0 aromatic carbocycles. The lowest BCUT2D eigenvalue weighted by Crippen LogP contribution is -2.37. The molecule has 1 unspecified atom stereocenters. The summed E-state index contributed by atoms with van der Waals surface area (Å²) >= 11 is 0. The summed E-state index contributed by atoms with van der Waals surface area (Å²) in [7, 11) is 1.84. The smallest absolute Gasteiger partial charge is 0.134 e. The number of hydrogen-bond acceptors (Lipinski definition) is 6. The Hall–Kier alpha value is -1.40. The summed E-state index contributed by atoms with van der Waals surface area (Å²) in [6.45, 7) is 3.49. The summed E-state index contributed by atoms with van der Waals surface area (Å²) in [6.07, 6.45) is 3.00. The van der Waals surface area contributed by atoms with Crippen LogP contribution in [0.25, 0.3) is 0 Å². The molecule has 1 aromatic heterocycles. The molecule has 0 bridgehead atoms. The van der Waals surface area contributed by atoms with Crippen LogP contribution >= 0.6 is 0 Å². The molecule has 3 N–H and O–H groups in total. The van der Waals surface area contributed by atoms with E-state index in [4.69, 9.17) is 4.74 Å². The fourth-order valence-electron chi connectivity index (χ4n) is 2.10. The van der Waals surface area contributed by atoms with E-state index in [1.54, 1.807) is 0 Å². The van der Waals surface area contributed by atoms with Gasteiger partial charge < -0.3 is 20.5 Å². The van der Waals surface area contributed by atoms with Gasteiger partial charge in [0.15, 0.2) is 0 Å². The SMILES string of the molecule is CCc1c(NC)ncnc1NCC1(O)CCOC1. The highest BCUT2D eigenvalue weighted by Crippen LogP contribution is 2.23. The van der Waals surface area contributed by atoms with Gasteiger partial charge in [-0.2, -0.15) is 0 Å². The van der Waals surface area contributed by atoms with E-state index in [9.17, 15) is 5.11 Å². The molecule has 1 atom stereocenters. The van der Waals surface area contributed by atoms with Crippen LogP contribution in [0.15, 0.2) is 6.33 Å². The summed E-state index contributed by atoms with van der Waals surface area (Å²) in [5, 5.41) is 16.4. The van der Waals surface area contributed by atoms with Gasteiger partial charge in [0.2, 0.25) is 0 Å². The Kier molecular flexibility index (Phi) is 3.98. The van der Waals surface area contributed by atoms with Crippen LogP contribution in [0.3, 0.4) is 0 Å². The fourth-order valence-corrected chi connectivity index (χ4v) is 2.10. The van der Waals surface area contributed by atoms with Crippen molar-refractivity contribution in [2.75, 3.05) is 37.4 Å². The second-order valence-corrected chi connectivity index (χ2v) is 4.53. The van der Waals surface area contributed by atoms with Crippen molar-refractivity contribution in [1.29, 1.82) is 0 Å². The molecule has 0 aliphatic carbocycles. The summed E-state index contributed by atoms with van der Waals surface area (Å²) in [4.78, 5) is 8.41. The molecular formula is C12H20N4O2. The van der Waals surface area contributed by atoms with E-state index in [2.05, 4.69) is 27.5 Å². The third kappa shape index (κ3) is 2.70. The maximum Gasteiger partial charge on any atom is 0.134 e. The Morgan fingerprint density at radius 2 is 2.22 bits per heavy atom. The van der Waals surface area contributed by atoms with Crippen molar-refractivity contribution >= 4 is 11.6 Å². The Balaban J connectivity index is 2.09. The first-order valence-corrected chi connectivity index (χ1v) is 6.24. The van der Waals surface area contributed by atoms with Crippen molar-refractivity contribution in [3.05, 3.63) is 11.9 Å². The highest BCUT2D eigenvalue weighted by molar-refractivity contribution is 5.57. The molecule has 2 rings (SSSR count). The number of anilines is 2. The number of aromatic nitrogens is 2. The van der Waals surface area contributed by atoms with Gasteiger partial charge in [-0.05, 0) is 6.42 Å². The largest absolute Gasteiger partial charge is 0.386 e. The van der Waals surface area contributed by atoms with Gasteiger partial charge >= 0.3 is 0 Å². The van der Waals surface area contributed by atoms with E-state index in [0.717, 1.165) is 23.6 Å². The van der Waals surface area contributed by atoms with Crippen molar-refractivity contribution in [2.24, 2.45) is 0 Å². The van der Waals surface area contributed by atoms with Gasteiger partial charge in [-0.15, -0.1) is 0 Å². The lowest BCUT2D eigenvalue weighted by Gasteiger charge is -2.22. The molecule has 2 heterocycles. The van der Waals surface area contributed by atoms with Gasteiger partial charge in [0.1, 0.15) is 23.6 Å². The van der Waals surface area contributed by atoms with Crippen LogP contribution in [0.4, 0.5) is 11.6 Å². The van der Waals surface area contributed by atoms with E-state index in [-0.39, 0.29) is 0 Å². The number of nitrogens with one attached hydrogen (secondary N) is 2. The zero-order valence-electron chi connectivity index (χ0n) is 10.9. The fraction of sp³-hybridized carbons (Fsp3) is 0.667. The van der Waals surface area contributed by atoms with E-state index in [0.29, 0.717) is 26.2 Å². The average Bonchev–Trinajstić information content (AvgIpc) is 2.83.